The minimum absolute atomic E-state index is 0.106. The van der Waals surface area contributed by atoms with Crippen LogP contribution in [0.5, 0.6) is 0 Å². The lowest BCUT2D eigenvalue weighted by atomic mass is 10.2. The third-order valence-electron chi connectivity index (χ3n) is 2.49. The van der Waals surface area contributed by atoms with Gasteiger partial charge in [-0.25, -0.2) is 4.98 Å². The number of hydrogen-bond acceptors (Lipinski definition) is 3. The highest BCUT2D eigenvalue weighted by molar-refractivity contribution is 14.1. The minimum Gasteiger partial charge on any atom is -0.395 e. The Hall–Kier alpha value is -0.660. The van der Waals surface area contributed by atoms with Crippen LogP contribution in [0.4, 0.5) is 0 Å². The summed E-state index contributed by atoms with van der Waals surface area (Å²) in [5, 5.41) is 12.2. The van der Waals surface area contributed by atoms with E-state index in [9.17, 15) is 0 Å². The van der Waals surface area contributed by atoms with E-state index >= 15 is 0 Å². The fraction of sp³-hybridized carbons (Fsp3) is 0.364. The first kappa shape index (κ1) is 11.8. The van der Waals surface area contributed by atoms with Gasteiger partial charge in [0.15, 0.2) is 0 Å². The highest BCUT2D eigenvalue weighted by Crippen LogP contribution is 2.13. The number of nitrogens with zero attached hydrogens (tertiary/aromatic N) is 2. The van der Waals surface area contributed by atoms with Crippen molar-refractivity contribution in [1.29, 1.82) is 0 Å². The van der Waals surface area contributed by atoms with Gasteiger partial charge in [-0.1, -0.05) is 6.07 Å². The van der Waals surface area contributed by atoms with Crippen LogP contribution in [0.2, 0.25) is 0 Å². The van der Waals surface area contributed by atoms with Crippen LogP contribution >= 0.6 is 22.6 Å². The molecule has 2 aromatic rings. The molecule has 0 amide bonds. The molecule has 16 heavy (non-hydrogen) atoms. The van der Waals surface area contributed by atoms with E-state index in [0.29, 0.717) is 0 Å². The summed E-state index contributed by atoms with van der Waals surface area (Å²) in [5.74, 6) is 0. The number of hydrogen-bond donors (Lipinski definition) is 2. The van der Waals surface area contributed by atoms with E-state index in [1.54, 1.807) is 0 Å². The molecule has 0 aliphatic carbocycles. The Balaban J connectivity index is 2.24. The smallest absolute Gasteiger partial charge is 0.142 e. The minimum atomic E-state index is 0.106. The predicted octanol–water partition coefficient (Wildman–Crippen LogP) is 1.41. The molecule has 0 radical (unpaired) electrons. The van der Waals surface area contributed by atoms with Crippen LogP contribution in [0.15, 0.2) is 24.5 Å². The third kappa shape index (κ3) is 2.36. The molecule has 4 nitrogen and oxygen atoms in total. The van der Waals surface area contributed by atoms with Gasteiger partial charge in [0.05, 0.1) is 12.8 Å². The van der Waals surface area contributed by atoms with Crippen molar-refractivity contribution in [3.05, 3.63) is 33.8 Å². The van der Waals surface area contributed by atoms with E-state index in [4.69, 9.17) is 5.11 Å². The molecule has 0 aromatic carbocycles. The molecule has 5 heteroatoms. The molecule has 0 spiro atoms. The van der Waals surface area contributed by atoms with Crippen molar-refractivity contribution >= 4 is 28.2 Å². The largest absolute Gasteiger partial charge is 0.395 e. The zero-order valence-electron chi connectivity index (χ0n) is 9.02. The second kappa shape index (κ2) is 5.11. The summed E-state index contributed by atoms with van der Waals surface area (Å²) in [6.07, 6.45) is 3.86. The van der Waals surface area contributed by atoms with Crippen LogP contribution in [-0.2, 0) is 6.54 Å². The van der Waals surface area contributed by atoms with Crippen molar-refractivity contribution in [2.75, 3.05) is 6.61 Å². The normalized spacial score (nSPS) is 13.2. The number of rotatable bonds is 4. The molecule has 86 valence electrons. The number of nitrogens with one attached hydrogen (secondary N) is 1. The van der Waals surface area contributed by atoms with Crippen molar-refractivity contribution in [1.82, 2.24) is 14.7 Å². The summed E-state index contributed by atoms with van der Waals surface area (Å²) in [4.78, 5) is 4.37. The van der Waals surface area contributed by atoms with Gasteiger partial charge in [0, 0.05) is 24.3 Å². The SMILES string of the molecule is C[C@@H](CO)NCc1cccn2c(I)cnc12. The van der Waals surface area contributed by atoms with Crippen molar-refractivity contribution in [3.63, 3.8) is 0 Å². The highest BCUT2D eigenvalue weighted by atomic mass is 127. The number of aliphatic hydroxyl groups is 1. The zero-order valence-corrected chi connectivity index (χ0v) is 11.2. The van der Waals surface area contributed by atoms with E-state index in [-0.39, 0.29) is 12.6 Å². The van der Waals surface area contributed by atoms with Crippen LogP contribution in [0.1, 0.15) is 12.5 Å². The van der Waals surface area contributed by atoms with E-state index in [2.05, 4.69) is 43.4 Å². The van der Waals surface area contributed by atoms with Gasteiger partial charge in [-0.3, -0.25) is 4.40 Å². The van der Waals surface area contributed by atoms with Crippen molar-refractivity contribution in [2.24, 2.45) is 0 Å². The van der Waals surface area contributed by atoms with Gasteiger partial charge in [0.2, 0.25) is 0 Å². The van der Waals surface area contributed by atoms with E-state index in [1.807, 2.05) is 25.4 Å². The molecule has 2 aromatic heterocycles. The molecular weight excluding hydrogens is 317 g/mol. The summed E-state index contributed by atoms with van der Waals surface area (Å²) in [6, 6.07) is 4.17. The van der Waals surface area contributed by atoms with Gasteiger partial charge in [-0.15, -0.1) is 0 Å². The molecule has 0 unspecified atom stereocenters. The van der Waals surface area contributed by atoms with Crippen molar-refractivity contribution in [3.8, 4) is 0 Å². The first-order valence-electron chi connectivity index (χ1n) is 5.17. The van der Waals surface area contributed by atoms with E-state index in [0.717, 1.165) is 21.5 Å². The van der Waals surface area contributed by atoms with Gasteiger partial charge in [0.25, 0.3) is 0 Å². The molecule has 0 aliphatic heterocycles. The molecule has 1 atom stereocenters. The summed E-state index contributed by atoms with van der Waals surface area (Å²) in [6.45, 7) is 2.82. The molecule has 0 fully saturated rings. The van der Waals surface area contributed by atoms with E-state index in [1.165, 1.54) is 0 Å². The fourth-order valence-electron chi connectivity index (χ4n) is 1.53. The van der Waals surface area contributed by atoms with Gasteiger partial charge in [-0.05, 0) is 35.6 Å². The average molecular weight is 331 g/mol. The number of fused-ring (bicyclic) bond motifs is 1. The lowest BCUT2D eigenvalue weighted by molar-refractivity contribution is 0.251. The number of imidazole rings is 1. The Morgan fingerprint density at radius 3 is 3.19 bits per heavy atom. The number of halogens is 1. The summed E-state index contributed by atoms with van der Waals surface area (Å²) >= 11 is 2.26. The molecular formula is C11H14IN3O. The predicted molar refractivity (Wildman–Crippen MR) is 71.3 cm³/mol. The zero-order chi connectivity index (χ0) is 11.5. The summed E-state index contributed by atoms with van der Waals surface area (Å²) < 4.78 is 3.16. The van der Waals surface area contributed by atoms with Crippen LogP contribution in [0.25, 0.3) is 5.65 Å². The molecule has 0 saturated heterocycles. The van der Waals surface area contributed by atoms with Crippen molar-refractivity contribution < 1.29 is 5.11 Å². The summed E-state index contributed by atoms with van der Waals surface area (Å²) in [7, 11) is 0. The summed E-state index contributed by atoms with van der Waals surface area (Å²) in [5.41, 5.74) is 2.12. The van der Waals surface area contributed by atoms with Gasteiger partial charge in [-0.2, -0.15) is 0 Å². The van der Waals surface area contributed by atoms with Gasteiger partial charge in [0.1, 0.15) is 9.35 Å². The number of aromatic nitrogens is 2. The monoisotopic (exact) mass is 331 g/mol. The Bertz CT molecular complexity index is 483. The van der Waals surface area contributed by atoms with Crippen LogP contribution in [0, 0.1) is 3.70 Å². The number of pyridine rings is 1. The maximum absolute atomic E-state index is 8.95. The number of aliphatic hydroxyl groups excluding tert-OH is 1. The quantitative estimate of drug-likeness (QED) is 0.833. The standard InChI is InChI=1S/C11H14IN3O/c1-8(7-16)13-5-9-3-2-4-15-10(12)6-14-11(9)15/h2-4,6,8,13,16H,5,7H2,1H3/t8-/m0/s1. The molecule has 0 bridgehead atoms. The Kier molecular flexibility index (Phi) is 3.78. The molecule has 0 saturated carbocycles. The van der Waals surface area contributed by atoms with Gasteiger partial charge >= 0.3 is 0 Å². The fourth-order valence-corrected chi connectivity index (χ4v) is 2.05. The van der Waals surface area contributed by atoms with Crippen molar-refractivity contribution in [2.45, 2.75) is 19.5 Å². The Morgan fingerprint density at radius 2 is 2.44 bits per heavy atom. The second-order valence-corrected chi connectivity index (χ2v) is 4.88. The topological polar surface area (TPSA) is 49.6 Å². The van der Waals surface area contributed by atoms with Crippen LogP contribution < -0.4 is 5.32 Å². The Morgan fingerprint density at radius 1 is 1.62 bits per heavy atom. The molecule has 2 heterocycles. The van der Waals surface area contributed by atoms with Crippen LogP contribution in [-0.4, -0.2) is 27.1 Å². The lowest BCUT2D eigenvalue weighted by Gasteiger charge is -2.11. The Labute approximate surface area is 108 Å². The first-order valence-corrected chi connectivity index (χ1v) is 6.25. The maximum atomic E-state index is 8.95. The highest BCUT2D eigenvalue weighted by Gasteiger charge is 2.06. The molecule has 0 aliphatic rings. The maximum Gasteiger partial charge on any atom is 0.142 e. The first-order chi connectivity index (χ1) is 7.72. The molecule has 2 N–H and O–H groups in total. The lowest BCUT2D eigenvalue weighted by Crippen LogP contribution is -2.28. The average Bonchev–Trinajstić information content (AvgIpc) is 2.69. The van der Waals surface area contributed by atoms with Crippen LogP contribution in [0.3, 0.4) is 0 Å². The molecule has 2 rings (SSSR count). The van der Waals surface area contributed by atoms with Gasteiger partial charge < -0.3 is 10.4 Å². The third-order valence-corrected chi connectivity index (χ3v) is 3.28. The second-order valence-electron chi connectivity index (χ2n) is 3.77. The van der Waals surface area contributed by atoms with E-state index < -0.39 is 0 Å².